The third-order valence-electron chi connectivity index (χ3n) is 3.54. The van der Waals surface area contributed by atoms with E-state index in [1.807, 2.05) is 37.3 Å². The molecule has 2 heteroatoms. The lowest BCUT2D eigenvalue weighted by Crippen LogP contribution is -1.92. The maximum absolute atomic E-state index is 5.83. The number of nitrogens with two attached hydrogens (primary N) is 1. The number of ether oxygens (including phenoxy) is 1. The summed E-state index contributed by atoms with van der Waals surface area (Å²) < 4.78 is 5.83. The van der Waals surface area contributed by atoms with Crippen LogP contribution in [0.4, 0.5) is 5.69 Å². The molecule has 2 rings (SSSR count). The van der Waals surface area contributed by atoms with Crippen LogP contribution in [0.3, 0.4) is 0 Å². The molecule has 1 unspecified atom stereocenters. The summed E-state index contributed by atoms with van der Waals surface area (Å²) in [6.45, 7) is 6.42. The van der Waals surface area contributed by atoms with E-state index in [1.54, 1.807) is 0 Å². The number of rotatable bonds is 4. The maximum atomic E-state index is 5.83. The number of nitrogen functional groups attached to an aromatic ring is 1. The van der Waals surface area contributed by atoms with Gasteiger partial charge in [0.25, 0.3) is 0 Å². The fourth-order valence-electron chi connectivity index (χ4n) is 1.95. The molecule has 1 atom stereocenters. The van der Waals surface area contributed by atoms with Crippen LogP contribution in [0.5, 0.6) is 11.5 Å². The minimum absolute atomic E-state index is 0.591. The van der Waals surface area contributed by atoms with Crippen molar-refractivity contribution in [1.29, 1.82) is 0 Å². The smallest absolute Gasteiger partial charge is 0.127 e. The van der Waals surface area contributed by atoms with Crippen molar-refractivity contribution in [3.8, 4) is 11.5 Å². The quantitative estimate of drug-likeness (QED) is 0.790. The number of hydrogen-bond donors (Lipinski definition) is 1. The highest BCUT2D eigenvalue weighted by molar-refractivity contribution is 5.50. The molecule has 0 aliphatic heterocycles. The summed E-state index contributed by atoms with van der Waals surface area (Å²) >= 11 is 0. The van der Waals surface area contributed by atoms with Crippen molar-refractivity contribution in [1.82, 2.24) is 0 Å². The molecule has 2 aromatic carbocycles. The topological polar surface area (TPSA) is 35.2 Å². The fraction of sp³-hybridized carbons (Fsp3) is 0.294. The van der Waals surface area contributed by atoms with Crippen molar-refractivity contribution < 1.29 is 4.74 Å². The predicted molar refractivity (Wildman–Crippen MR) is 80.8 cm³/mol. The first kappa shape index (κ1) is 13.5. The Morgan fingerprint density at radius 2 is 1.68 bits per heavy atom. The van der Waals surface area contributed by atoms with Gasteiger partial charge in [-0.15, -0.1) is 0 Å². The van der Waals surface area contributed by atoms with Gasteiger partial charge in [-0.3, -0.25) is 0 Å². The highest BCUT2D eigenvalue weighted by Gasteiger charge is 2.04. The molecule has 2 nitrogen and oxygen atoms in total. The molecule has 0 aliphatic rings. The van der Waals surface area contributed by atoms with Gasteiger partial charge in [0, 0.05) is 5.69 Å². The van der Waals surface area contributed by atoms with E-state index >= 15 is 0 Å². The molecule has 0 amide bonds. The molecule has 2 aromatic rings. The van der Waals surface area contributed by atoms with E-state index in [1.165, 1.54) is 5.56 Å². The van der Waals surface area contributed by atoms with Gasteiger partial charge in [-0.25, -0.2) is 0 Å². The average molecular weight is 255 g/mol. The number of benzene rings is 2. The summed E-state index contributed by atoms with van der Waals surface area (Å²) in [5, 5.41) is 0. The Kier molecular flexibility index (Phi) is 4.10. The molecular formula is C17H21NO. The fourth-order valence-corrected chi connectivity index (χ4v) is 1.95. The van der Waals surface area contributed by atoms with E-state index in [4.69, 9.17) is 10.5 Å². The summed E-state index contributed by atoms with van der Waals surface area (Å²) in [4.78, 5) is 0. The molecule has 0 saturated carbocycles. The standard InChI is InChI=1S/C17H21NO/c1-4-12(2)14-5-7-15(8-6-14)19-16-9-10-17(18)13(3)11-16/h5-12H,4,18H2,1-3H3. The molecule has 0 heterocycles. The van der Waals surface area contributed by atoms with Crippen LogP contribution in [0.1, 0.15) is 37.3 Å². The molecule has 0 bridgehead atoms. The molecule has 0 fully saturated rings. The molecule has 0 aromatic heterocycles. The van der Waals surface area contributed by atoms with Crippen LogP contribution in [-0.4, -0.2) is 0 Å². The third kappa shape index (κ3) is 3.28. The first-order valence-corrected chi connectivity index (χ1v) is 6.74. The second-order valence-electron chi connectivity index (χ2n) is 5.00. The van der Waals surface area contributed by atoms with Crippen LogP contribution in [0.2, 0.25) is 0 Å². The molecule has 0 saturated heterocycles. The Balaban J connectivity index is 2.12. The maximum Gasteiger partial charge on any atom is 0.127 e. The molecule has 2 N–H and O–H groups in total. The Bertz CT molecular complexity index is 546. The molecule has 0 aliphatic carbocycles. The predicted octanol–water partition coefficient (Wildman–Crippen LogP) is 4.88. The van der Waals surface area contributed by atoms with Gasteiger partial charge in [0.1, 0.15) is 11.5 Å². The van der Waals surface area contributed by atoms with Gasteiger partial charge in [-0.05, 0) is 60.7 Å². The third-order valence-corrected chi connectivity index (χ3v) is 3.54. The number of aryl methyl sites for hydroxylation is 1. The largest absolute Gasteiger partial charge is 0.457 e. The van der Waals surface area contributed by atoms with E-state index in [2.05, 4.69) is 26.0 Å². The van der Waals surface area contributed by atoms with Crippen molar-refractivity contribution in [2.75, 3.05) is 5.73 Å². The molecule has 100 valence electrons. The first-order valence-electron chi connectivity index (χ1n) is 6.74. The van der Waals surface area contributed by atoms with Crippen LogP contribution in [0.15, 0.2) is 42.5 Å². The Morgan fingerprint density at radius 1 is 1.05 bits per heavy atom. The zero-order chi connectivity index (χ0) is 13.8. The van der Waals surface area contributed by atoms with Gasteiger partial charge in [0.05, 0.1) is 0 Å². The summed E-state index contributed by atoms with van der Waals surface area (Å²) in [7, 11) is 0. The van der Waals surface area contributed by atoms with Crippen molar-refractivity contribution >= 4 is 5.69 Å². The van der Waals surface area contributed by atoms with E-state index < -0.39 is 0 Å². The van der Waals surface area contributed by atoms with Gasteiger partial charge >= 0.3 is 0 Å². The lowest BCUT2D eigenvalue weighted by molar-refractivity contribution is 0.482. The number of hydrogen-bond acceptors (Lipinski definition) is 2. The van der Waals surface area contributed by atoms with E-state index in [9.17, 15) is 0 Å². The van der Waals surface area contributed by atoms with Crippen molar-refractivity contribution in [3.63, 3.8) is 0 Å². The zero-order valence-corrected chi connectivity index (χ0v) is 11.8. The zero-order valence-electron chi connectivity index (χ0n) is 11.8. The van der Waals surface area contributed by atoms with Crippen LogP contribution in [-0.2, 0) is 0 Å². The second-order valence-corrected chi connectivity index (χ2v) is 5.00. The van der Waals surface area contributed by atoms with E-state index in [-0.39, 0.29) is 0 Å². The van der Waals surface area contributed by atoms with E-state index in [0.29, 0.717) is 5.92 Å². The lowest BCUT2D eigenvalue weighted by Gasteiger charge is -2.11. The summed E-state index contributed by atoms with van der Waals surface area (Å²) in [6.07, 6.45) is 1.15. The lowest BCUT2D eigenvalue weighted by atomic mass is 9.99. The van der Waals surface area contributed by atoms with Gasteiger partial charge in [-0.1, -0.05) is 26.0 Å². The normalized spacial score (nSPS) is 12.2. The van der Waals surface area contributed by atoms with Crippen molar-refractivity contribution in [2.45, 2.75) is 33.1 Å². The highest BCUT2D eigenvalue weighted by atomic mass is 16.5. The Hall–Kier alpha value is -1.96. The van der Waals surface area contributed by atoms with E-state index in [0.717, 1.165) is 29.2 Å². The van der Waals surface area contributed by atoms with Crippen molar-refractivity contribution in [2.24, 2.45) is 0 Å². The minimum Gasteiger partial charge on any atom is -0.457 e. The van der Waals surface area contributed by atoms with Gasteiger partial charge < -0.3 is 10.5 Å². The van der Waals surface area contributed by atoms with Gasteiger partial charge in [-0.2, -0.15) is 0 Å². The molecular weight excluding hydrogens is 234 g/mol. The van der Waals surface area contributed by atoms with Gasteiger partial charge in [0.2, 0.25) is 0 Å². The van der Waals surface area contributed by atoms with Crippen molar-refractivity contribution in [3.05, 3.63) is 53.6 Å². The number of anilines is 1. The first-order chi connectivity index (χ1) is 9.10. The molecule has 0 spiro atoms. The Morgan fingerprint density at radius 3 is 2.26 bits per heavy atom. The Labute approximate surface area is 115 Å². The molecule has 19 heavy (non-hydrogen) atoms. The van der Waals surface area contributed by atoms with Crippen LogP contribution < -0.4 is 10.5 Å². The van der Waals surface area contributed by atoms with Crippen LogP contribution in [0, 0.1) is 6.92 Å². The molecule has 0 radical (unpaired) electrons. The van der Waals surface area contributed by atoms with Crippen LogP contribution >= 0.6 is 0 Å². The monoisotopic (exact) mass is 255 g/mol. The SMILES string of the molecule is CCC(C)c1ccc(Oc2ccc(N)c(C)c2)cc1. The van der Waals surface area contributed by atoms with Crippen LogP contribution in [0.25, 0.3) is 0 Å². The second kappa shape index (κ2) is 5.79. The summed E-state index contributed by atoms with van der Waals surface area (Å²) in [6, 6.07) is 14.0. The average Bonchev–Trinajstić information content (AvgIpc) is 2.43. The van der Waals surface area contributed by atoms with Gasteiger partial charge in [0.15, 0.2) is 0 Å². The minimum atomic E-state index is 0.591. The summed E-state index contributed by atoms with van der Waals surface area (Å²) in [5.41, 5.74) is 8.97. The highest BCUT2D eigenvalue weighted by Crippen LogP contribution is 2.27. The summed E-state index contributed by atoms with van der Waals surface area (Å²) in [5.74, 6) is 2.27.